The molecular weight excluding hydrogens is 458 g/mol. The summed E-state index contributed by atoms with van der Waals surface area (Å²) < 4.78 is 32.5. The van der Waals surface area contributed by atoms with Crippen LogP contribution in [0.25, 0.3) is 22.0 Å². The fraction of sp³-hybridized carbons (Fsp3) is 0.167. The second-order valence-electron chi connectivity index (χ2n) is 7.56. The smallest absolute Gasteiger partial charge is 0.257 e. The van der Waals surface area contributed by atoms with E-state index in [9.17, 15) is 13.2 Å². The average molecular weight is 480 g/mol. The van der Waals surface area contributed by atoms with Gasteiger partial charge in [0.2, 0.25) is 10.0 Å². The van der Waals surface area contributed by atoms with Crippen molar-refractivity contribution in [2.24, 2.45) is 0 Å². The molecule has 5 rings (SSSR count). The molecule has 0 spiro atoms. The third-order valence-corrected chi connectivity index (χ3v) is 8.15. The van der Waals surface area contributed by atoms with Gasteiger partial charge in [0.1, 0.15) is 0 Å². The van der Waals surface area contributed by atoms with Gasteiger partial charge in [-0.2, -0.15) is 4.31 Å². The lowest BCUT2D eigenvalue weighted by Gasteiger charge is -2.26. The second kappa shape index (κ2) is 9.03. The highest BCUT2D eigenvalue weighted by Crippen LogP contribution is 2.31. The van der Waals surface area contributed by atoms with E-state index in [-0.39, 0.29) is 10.5 Å². The maximum atomic E-state index is 12.9. The molecule has 0 saturated carbocycles. The average Bonchev–Trinajstić information content (AvgIpc) is 3.32. The molecule has 1 aliphatic heterocycles. The highest BCUT2D eigenvalue weighted by Gasteiger charge is 2.27. The first-order valence-corrected chi connectivity index (χ1v) is 12.8. The maximum absolute atomic E-state index is 12.9. The SMILES string of the molecule is O=C(Nc1nc(-c2cccc3ccccc23)cs1)c1cccc(S(=O)(=O)N2CCOCC2)c1. The van der Waals surface area contributed by atoms with E-state index < -0.39 is 15.9 Å². The number of sulfonamides is 1. The van der Waals surface area contributed by atoms with Crippen LogP contribution in [0.1, 0.15) is 10.4 Å². The van der Waals surface area contributed by atoms with Gasteiger partial charge in [0, 0.05) is 29.6 Å². The number of fused-ring (bicyclic) bond motifs is 1. The van der Waals surface area contributed by atoms with E-state index >= 15 is 0 Å². The van der Waals surface area contributed by atoms with Crippen molar-refractivity contribution in [3.63, 3.8) is 0 Å². The highest BCUT2D eigenvalue weighted by molar-refractivity contribution is 7.89. The van der Waals surface area contributed by atoms with Crippen molar-refractivity contribution >= 4 is 43.2 Å². The Kier molecular flexibility index (Phi) is 5.94. The van der Waals surface area contributed by atoms with Crippen molar-refractivity contribution in [3.05, 3.63) is 77.7 Å². The van der Waals surface area contributed by atoms with Gasteiger partial charge in [-0.05, 0) is 29.0 Å². The summed E-state index contributed by atoms with van der Waals surface area (Å²) in [7, 11) is -3.68. The highest BCUT2D eigenvalue weighted by atomic mass is 32.2. The van der Waals surface area contributed by atoms with E-state index in [0.29, 0.717) is 31.4 Å². The van der Waals surface area contributed by atoms with Crippen LogP contribution >= 0.6 is 11.3 Å². The van der Waals surface area contributed by atoms with Gasteiger partial charge in [-0.3, -0.25) is 10.1 Å². The zero-order valence-electron chi connectivity index (χ0n) is 17.6. The summed E-state index contributed by atoms with van der Waals surface area (Å²) >= 11 is 1.32. The van der Waals surface area contributed by atoms with Crippen molar-refractivity contribution in [1.82, 2.24) is 9.29 Å². The number of carbonyl (C=O) groups excluding carboxylic acids is 1. The lowest BCUT2D eigenvalue weighted by atomic mass is 10.0. The number of anilines is 1. The summed E-state index contributed by atoms with van der Waals surface area (Å²) in [4.78, 5) is 17.5. The number of benzene rings is 3. The summed E-state index contributed by atoms with van der Waals surface area (Å²) in [5, 5.41) is 7.35. The second-order valence-corrected chi connectivity index (χ2v) is 10.4. The Morgan fingerprint density at radius 2 is 1.76 bits per heavy atom. The lowest BCUT2D eigenvalue weighted by molar-refractivity contribution is 0.0730. The molecule has 0 radical (unpaired) electrons. The van der Waals surface area contributed by atoms with Crippen LogP contribution in [0.15, 0.2) is 77.0 Å². The van der Waals surface area contributed by atoms with Gasteiger partial charge in [0.25, 0.3) is 5.91 Å². The standard InChI is InChI=1S/C24H21N3O4S2/c28-23(18-7-3-8-19(15-18)33(29,30)27-11-13-31-14-12-27)26-24-25-22(16-32-24)21-10-4-6-17-5-1-2-9-20(17)21/h1-10,15-16H,11-14H2,(H,25,26,28). The van der Waals surface area contributed by atoms with Crippen LogP contribution in [0.4, 0.5) is 5.13 Å². The van der Waals surface area contributed by atoms with Gasteiger partial charge in [-0.1, -0.05) is 48.5 Å². The fourth-order valence-corrected chi connectivity index (χ4v) is 5.97. The topological polar surface area (TPSA) is 88.6 Å². The number of rotatable bonds is 5. The molecule has 0 atom stereocenters. The molecule has 0 aliphatic carbocycles. The normalized spacial score (nSPS) is 14.9. The minimum atomic E-state index is -3.68. The maximum Gasteiger partial charge on any atom is 0.257 e. The van der Waals surface area contributed by atoms with Crippen molar-refractivity contribution in [3.8, 4) is 11.3 Å². The molecular formula is C24H21N3O4S2. The van der Waals surface area contributed by atoms with Crippen LogP contribution < -0.4 is 5.32 Å². The first kappa shape index (κ1) is 21.7. The molecule has 1 saturated heterocycles. The zero-order chi connectivity index (χ0) is 22.8. The van der Waals surface area contributed by atoms with Gasteiger partial charge >= 0.3 is 0 Å². The molecule has 3 aromatic carbocycles. The van der Waals surface area contributed by atoms with Gasteiger partial charge in [-0.25, -0.2) is 13.4 Å². The summed E-state index contributed by atoms with van der Waals surface area (Å²) in [6.45, 7) is 1.33. The first-order valence-electron chi connectivity index (χ1n) is 10.5. The summed E-state index contributed by atoms with van der Waals surface area (Å²) in [5.41, 5.74) is 2.02. The number of aromatic nitrogens is 1. The third kappa shape index (κ3) is 4.40. The number of nitrogens with zero attached hydrogens (tertiary/aromatic N) is 2. The molecule has 1 aromatic heterocycles. The van der Waals surface area contributed by atoms with E-state index in [4.69, 9.17) is 4.74 Å². The third-order valence-electron chi connectivity index (χ3n) is 5.49. The van der Waals surface area contributed by atoms with E-state index in [1.54, 1.807) is 12.1 Å². The van der Waals surface area contributed by atoms with Crippen LogP contribution in [0.3, 0.4) is 0 Å². The molecule has 1 amide bonds. The molecule has 2 heterocycles. The molecule has 1 aliphatic rings. The molecule has 9 heteroatoms. The Hall–Kier alpha value is -3.11. The van der Waals surface area contributed by atoms with Gasteiger partial charge < -0.3 is 4.74 Å². The minimum absolute atomic E-state index is 0.0904. The molecule has 168 valence electrons. The predicted octanol–water partition coefficient (Wildman–Crippen LogP) is 4.24. The van der Waals surface area contributed by atoms with E-state index in [1.807, 2.05) is 47.8 Å². The molecule has 1 N–H and O–H groups in total. The monoisotopic (exact) mass is 479 g/mol. The van der Waals surface area contributed by atoms with E-state index in [2.05, 4.69) is 10.3 Å². The molecule has 0 bridgehead atoms. The fourth-order valence-electron chi connectivity index (χ4n) is 3.81. The molecule has 4 aromatic rings. The van der Waals surface area contributed by atoms with Crippen LogP contribution in [-0.2, 0) is 14.8 Å². The van der Waals surface area contributed by atoms with Crippen molar-refractivity contribution in [2.45, 2.75) is 4.90 Å². The van der Waals surface area contributed by atoms with Crippen LogP contribution in [0, 0.1) is 0 Å². The van der Waals surface area contributed by atoms with Crippen LogP contribution in [-0.4, -0.2) is 49.9 Å². The number of amides is 1. The van der Waals surface area contributed by atoms with Crippen LogP contribution in [0.2, 0.25) is 0 Å². The van der Waals surface area contributed by atoms with Gasteiger partial charge in [0.05, 0.1) is 23.8 Å². The van der Waals surface area contributed by atoms with Crippen LogP contribution in [0.5, 0.6) is 0 Å². The summed E-state index contributed by atoms with van der Waals surface area (Å²) in [5.74, 6) is -0.409. The largest absolute Gasteiger partial charge is 0.379 e. The van der Waals surface area contributed by atoms with E-state index in [0.717, 1.165) is 22.0 Å². The zero-order valence-corrected chi connectivity index (χ0v) is 19.2. The molecule has 0 unspecified atom stereocenters. The Morgan fingerprint density at radius 3 is 2.61 bits per heavy atom. The number of carbonyl (C=O) groups is 1. The summed E-state index contributed by atoms with van der Waals surface area (Å²) in [6.07, 6.45) is 0. The van der Waals surface area contributed by atoms with Gasteiger partial charge in [-0.15, -0.1) is 11.3 Å². The number of ether oxygens (including phenoxy) is 1. The molecule has 7 nitrogen and oxygen atoms in total. The Balaban J connectivity index is 1.37. The lowest BCUT2D eigenvalue weighted by Crippen LogP contribution is -2.40. The predicted molar refractivity (Wildman–Crippen MR) is 129 cm³/mol. The quantitative estimate of drug-likeness (QED) is 0.463. The van der Waals surface area contributed by atoms with Crippen molar-refractivity contribution in [1.29, 1.82) is 0 Å². The number of hydrogen-bond donors (Lipinski definition) is 1. The Labute approximate surface area is 195 Å². The Bertz CT molecular complexity index is 1420. The number of thiazole rings is 1. The van der Waals surface area contributed by atoms with Gasteiger partial charge in [0.15, 0.2) is 5.13 Å². The number of hydrogen-bond acceptors (Lipinski definition) is 6. The summed E-state index contributed by atoms with van der Waals surface area (Å²) in [6, 6.07) is 20.2. The first-order chi connectivity index (χ1) is 16.0. The van der Waals surface area contributed by atoms with Crippen molar-refractivity contribution < 1.29 is 17.9 Å². The molecule has 33 heavy (non-hydrogen) atoms. The number of morpholine rings is 1. The Morgan fingerprint density at radius 1 is 1.00 bits per heavy atom. The molecule has 1 fully saturated rings. The van der Waals surface area contributed by atoms with E-state index in [1.165, 1.54) is 27.8 Å². The number of nitrogens with one attached hydrogen (secondary N) is 1. The minimum Gasteiger partial charge on any atom is -0.379 e. The van der Waals surface area contributed by atoms with Crippen molar-refractivity contribution in [2.75, 3.05) is 31.6 Å².